The van der Waals surface area contributed by atoms with Crippen LogP contribution in [-0.4, -0.2) is 19.7 Å². The molecule has 0 unspecified atom stereocenters. The van der Waals surface area contributed by atoms with Gasteiger partial charge in [-0.1, -0.05) is 51.3 Å². The molecule has 1 aliphatic heterocycles. The third-order valence-electron chi connectivity index (χ3n) is 5.85. The van der Waals surface area contributed by atoms with Crippen molar-refractivity contribution in [2.24, 2.45) is 0 Å². The summed E-state index contributed by atoms with van der Waals surface area (Å²) < 4.78 is 12.9. The molecule has 34 heavy (non-hydrogen) atoms. The topological polar surface area (TPSA) is 33.7 Å². The number of nitrogens with one attached hydrogen (secondary N) is 1. The molecule has 0 aliphatic carbocycles. The second kappa shape index (κ2) is 12.1. The minimum absolute atomic E-state index is 0.434. The number of benzene rings is 3. The quantitative estimate of drug-likeness (QED) is 0.283. The second-order valence-electron chi connectivity index (χ2n) is 8.31. The predicted octanol–water partition coefficient (Wildman–Crippen LogP) is 8.34. The Morgan fingerprint density at radius 1 is 0.912 bits per heavy atom. The van der Waals surface area contributed by atoms with E-state index in [4.69, 9.17) is 32.7 Å². The Balaban J connectivity index is 1.43. The maximum atomic E-state index is 6.62. The highest BCUT2D eigenvalue weighted by Gasteiger charge is 2.15. The lowest BCUT2D eigenvalue weighted by Gasteiger charge is -2.29. The first-order chi connectivity index (χ1) is 16.5. The van der Waals surface area contributed by atoms with Gasteiger partial charge >= 0.3 is 0 Å². The van der Waals surface area contributed by atoms with Gasteiger partial charge in [-0.2, -0.15) is 0 Å². The van der Waals surface area contributed by atoms with Gasteiger partial charge in [-0.3, -0.25) is 0 Å². The van der Waals surface area contributed by atoms with E-state index in [1.807, 2.05) is 49.4 Å². The number of halogens is 3. The van der Waals surface area contributed by atoms with Crippen molar-refractivity contribution < 1.29 is 9.47 Å². The van der Waals surface area contributed by atoms with Crippen molar-refractivity contribution >= 4 is 50.5 Å². The van der Waals surface area contributed by atoms with Gasteiger partial charge < -0.3 is 19.7 Å². The molecule has 0 bridgehead atoms. The Labute approximate surface area is 220 Å². The van der Waals surface area contributed by atoms with Crippen molar-refractivity contribution in [3.63, 3.8) is 0 Å². The van der Waals surface area contributed by atoms with Crippen LogP contribution in [0.25, 0.3) is 0 Å². The highest BCUT2D eigenvalue weighted by molar-refractivity contribution is 9.10. The molecule has 1 saturated heterocycles. The van der Waals surface area contributed by atoms with Crippen molar-refractivity contribution in [2.45, 2.75) is 39.3 Å². The lowest BCUT2D eigenvalue weighted by Crippen LogP contribution is -2.29. The zero-order chi connectivity index (χ0) is 23.9. The summed E-state index contributed by atoms with van der Waals surface area (Å²) in [4.78, 5) is 2.38. The second-order valence-corrected chi connectivity index (χ2v) is 10.0. The normalized spacial score (nSPS) is 13.6. The van der Waals surface area contributed by atoms with Gasteiger partial charge in [-0.05, 0) is 79.8 Å². The lowest BCUT2D eigenvalue weighted by molar-refractivity contribution is 0.269. The number of ether oxygens (including phenoxy) is 2. The molecule has 180 valence electrons. The van der Waals surface area contributed by atoms with Gasteiger partial charge in [0, 0.05) is 34.8 Å². The summed E-state index contributed by atoms with van der Waals surface area (Å²) >= 11 is 16.3. The first-order valence-corrected chi connectivity index (χ1v) is 13.2. The zero-order valence-electron chi connectivity index (χ0n) is 19.3. The molecule has 0 atom stereocenters. The highest BCUT2D eigenvalue weighted by atomic mass is 79.9. The van der Waals surface area contributed by atoms with Crippen LogP contribution in [-0.2, 0) is 13.2 Å². The van der Waals surface area contributed by atoms with E-state index in [9.17, 15) is 0 Å². The van der Waals surface area contributed by atoms with Crippen LogP contribution in [0.4, 0.5) is 11.4 Å². The Morgan fingerprint density at radius 3 is 2.35 bits per heavy atom. The summed E-state index contributed by atoms with van der Waals surface area (Å²) in [5, 5.41) is 4.98. The van der Waals surface area contributed by atoms with E-state index < -0.39 is 0 Å². The summed E-state index contributed by atoms with van der Waals surface area (Å²) in [6, 6.07) is 17.8. The van der Waals surface area contributed by atoms with Crippen LogP contribution in [0.1, 0.15) is 37.3 Å². The fraction of sp³-hybridized carbons (Fsp3) is 0.333. The van der Waals surface area contributed by atoms with Crippen molar-refractivity contribution in [1.82, 2.24) is 0 Å². The Hall–Kier alpha value is -2.08. The van der Waals surface area contributed by atoms with Crippen LogP contribution in [0, 0.1) is 0 Å². The molecule has 3 aromatic rings. The highest BCUT2D eigenvalue weighted by Crippen LogP contribution is 2.36. The molecule has 7 heteroatoms. The summed E-state index contributed by atoms with van der Waals surface area (Å²) in [7, 11) is 0. The van der Waals surface area contributed by atoms with Crippen molar-refractivity contribution in [3.8, 4) is 11.5 Å². The summed E-state index contributed by atoms with van der Waals surface area (Å²) in [6.45, 7) is 5.73. The van der Waals surface area contributed by atoms with E-state index in [-0.39, 0.29) is 0 Å². The fourth-order valence-corrected chi connectivity index (χ4v) is 4.93. The Kier molecular flexibility index (Phi) is 8.87. The van der Waals surface area contributed by atoms with Gasteiger partial charge in [-0.25, -0.2) is 0 Å². The average Bonchev–Trinajstić information content (AvgIpc) is 2.85. The van der Waals surface area contributed by atoms with Crippen molar-refractivity contribution in [2.75, 3.05) is 29.9 Å². The molecule has 1 heterocycles. The van der Waals surface area contributed by atoms with E-state index in [1.165, 1.54) is 19.3 Å². The minimum atomic E-state index is 0.434. The SMILES string of the molecule is CCOc1cc(CNc2ccc(N3CCCCC3)c(Cl)c2)c(Br)cc1OCc1ccc(Cl)cc1. The maximum absolute atomic E-state index is 6.62. The first-order valence-electron chi connectivity index (χ1n) is 11.6. The number of hydrogen-bond donors (Lipinski definition) is 1. The Morgan fingerprint density at radius 2 is 1.65 bits per heavy atom. The number of rotatable bonds is 9. The predicted molar refractivity (Wildman–Crippen MR) is 146 cm³/mol. The number of piperidine rings is 1. The van der Waals surface area contributed by atoms with Gasteiger partial charge in [-0.15, -0.1) is 0 Å². The maximum Gasteiger partial charge on any atom is 0.162 e. The molecule has 4 rings (SSSR count). The smallest absolute Gasteiger partial charge is 0.162 e. The van der Waals surface area contributed by atoms with Crippen molar-refractivity contribution in [3.05, 3.63) is 80.2 Å². The van der Waals surface area contributed by atoms with Gasteiger partial charge in [0.1, 0.15) is 6.61 Å². The minimum Gasteiger partial charge on any atom is -0.490 e. The average molecular weight is 564 g/mol. The van der Waals surface area contributed by atoms with Crippen LogP contribution in [0.15, 0.2) is 59.1 Å². The molecule has 0 spiro atoms. The molecule has 1 aliphatic rings. The molecule has 0 amide bonds. The van der Waals surface area contributed by atoms with Crippen molar-refractivity contribution in [1.29, 1.82) is 0 Å². The summed E-state index contributed by atoms with van der Waals surface area (Å²) in [5.41, 5.74) is 4.21. The molecule has 0 aromatic heterocycles. The number of anilines is 2. The molecule has 3 aromatic carbocycles. The lowest BCUT2D eigenvalue weighted by atomic mass is 10.1. The Bertz CT molecular complexity index is 1100. The van der Waals surface area contributed by atoms with Gasteiger partial charge in [0.25, 0.3) is 0 Å². The fourth-order valence-electron chi connectivity index (χ4n) is 4.04. The van der Waals surface area contributed by atoms with E-state index >= 15 is 0 Å². The van der Waals surface area contributed by atoms with Crippen LogP contribution in [0.3, 0.4) is 0 Å². The third-order valence-corrected chi connectivity index (χ3v) is 7.14. The van der Waals surface area contributed by atoms with Gasteiger partial charge in [0.05, 0.1) is 17.3 Å². The zero-order valence-corrected chi connectivity index (χ0v) is 22.3. The van der Waals surface area contributed by atoms with Gasteiger partial charge in [0.15, 0.2) is 11.5 Å². The molecule has 0 radical (unpaired) electrons. The standard InChI is InChI=1S/C27H29BrCl2N2O2/c1-2-33-26-14-20(23(28)16-27(26)34-18-19-6-8-21(29)9-7-19)17-31-22-10-11-25(24(30)15-22)32-12-4-3-5-13-32/h6-11,14-16,31H,2-5,12-13,17-18H2,1H3. The molecular formula is C27H29BrCl2N2O2. The molecular weight excluding hydrogens is 535 g/mol. The monoisotopic (exact) mass is 562 g/mol. The first kappa shape index (κ1) is 25.0. The third kappa shape index (κ3) is 6.53. The largest absolute Gasteiger partial charge is 0.490 e. The molecule has 1 fully saturated rings. The number of hydrogen-bond acceptors (Lipinski definition) is 4. The summed E-state index contributed by atoms with van der Waals surface area (Å²) in [6.07, 6.45) is 3.76. The van der Waals surface area contributed by atoms with E-state index in [2.05, 4.69) is 38.3 Å². The van der Waals surface area contributed by atoms with E-state index in [0.29, 0.717) is 30.5 Å². The van der Waals surface area contributed by atoms with Crippen LogP contribution >= 0.6 is 39.1 Å². The molecule has 1 N–H and O–H groups in total. The van der Waals surface area contributed by atoms with Gasteiger partial charge in [0.2, 0.25) is 0 Å². The van der Waals surface area contributed by atoms with E-state index in [0.717, 1.165) is 50.8 Å². The van der Waals surface area contributed by atoms with Crippen LogP contribution in [0.2, 0.25) is 10.0 Å². The van der Waals surface area contributed by atoms with Crippen LogP contribution in [0.5, 0.6) is 11.5 Å². The molecule has 0 saturated carbocycles. The molecule has 4 nitrogen and oxygen atoms in total. The summed E-state index contributed by atoms with van der Waals surface area (Å²) in [5.74, 6) is 1.41. The number of nitrogens with zero attached hydrogens (tertiary/aromatic N) is 1. The van der Waals surface area contributed by atoms with Crippen LogP contribution < -0.4 is 19.7 Å². The van der Waals surface area contributed by atoms with E-state index in [1.54, 1.807) is 0 Å².